The fourth-order valence-corrected chi connectivity index (χ4v) is 2.88. The largest absolute Gasteiger partial charge is 0.351 e. The number of nitrogens with one attached hydrogen (secondary N) is 2. The Morgan fingerprint density at radius 2 is 2.15 bits per heavy atom. The summed E-state index contributed by atoms with van der Waals surface area (Å²) >= 11 is 1.12. The minimum atomic E-state index is -0.831. The predicted octanol–water partition coefficient (Wildman–Crippen LogP) is 1.27. The van der Waals surface area contributed by atoms with Crippen molar-refractivity contribution >= 4 is 23.3 Å². The number of rotatable bonds is 5. The van der Waals surface area contributed by atoms with Crippen LogP contribution in [0.5, 0.6) is 0 Å². The van der Waals surface area contributed by atoms with Gasteiger partial charge in [0.15, 0.2) is 5.69 Å². The molecular formula is C13H18N4O2S. The third-order valence-electron chi connectivity index (χ3n) is 3.49. The van der Waals surface area contributed by atoms with Gasteiger partial charge in [-0.3, -0.25) is 9.59 Å². The van der Waals surface area contributed by atoms with Crippen LogP contribution in [0.4, 0.5) is 0 Å². The first-order valence-electron chi connectivity index (χ1n) is 6.67. The van der Waals surface area contributed by atoms with E-state index in [2.05, 4.69) is 26.8 Å². The first kappa shape index (κ1) is 14.6. The monoisotopic (exact) mass is 294 g/mol. The lowest BCUT2D eigenvalue weighted by Gasteiger charge is -2.36. The van der Waals surface area contributed by atoms with Crippen molar-refractivity contribution in [3.63, 3.8) is 0 Å². The number of aromatic nitrogens is 2. The zero-order chi connectivity index (χ0) is 14.4. The molecule has 2 amide bonds. The lowest BCUT2D eigenvalue weighted by atomic mass is 9.80. The maximum Gasteiger partial charge on any atom is 0.273 e. The molecule has 6 nitrogen and oxygen atoms in total. The number of hydrogen-bond acceptors (Lipinski definition) is 5. The molecule has 0 atom stereocenters. The third kappa shape index (κ3) is 3.22. The van der Waals surface area contributed by atoms with Crippen molar-refractivity contribution in [1.82, 2.24) is 20.2 Å². The Balaban J connectivity index is 2.12. The summed E-state index contributed by atoms with van der Waals surface area (Å²) in [5, 5.41) is 11.0. The van der Waals surface area contributed by atoms with Crippen molar-refractivity contribution in [2.75, 3.05) is 6.54 Å². The molecule has 0 aromatic carbocycles. The first-order chi connectivity index (χ1) is 9.68. The van der Waals surface area contributed by atoms with Crippen LogP contribution in [0, 0.1) is 0 Å². The van der Waals surface area contributed by atoms with Crippen molar-refractivity contribution in [2.24, 2.45) is 0 Å². The molecule has 1 aliphatic carbocycles. The van der Waals surface area contributed by atoms with Crippen LogP contribution in [0.25, 0.3) is 0 Å². The highest BCUT2D eigenvalue weighted by atomic mass is 32.1. The van der Waals surface area contributed by atoms with Gasteiger partial charge in [-0.1, -0.05) is 29.8 Å². The molecule has 0 unspecified atom stereocenters. The van der Waals surface area contributed by atoms with Crippen molar-refractivity contribution in [3.8, 4) is 0 Å². The Morgan fingerprint density at radius 1 is 1.40 bits per heavy atom. The quantitative estimate of drug-likeness (QED) is 0.801. The number of nitrogens with zero attached hydrogens (tertiary/aromatic N) is 2. The van der Waals surface area contributed by atoms with Crippen molar-refractivity contribution < 1.29 is 9.59 Å². The smallest absolute Gasteiger partial charge is 0.273 e. The molecule has 2 rings (SSSR count). The molecule has 0 saturated heterocycles. The predicted molar refractivity (Wildman–Crippen MR) is 76.4 cm³/mol. The average Bonchev–Trinajstić information content (AvgIpc) is 3.00. The Hall–Kier alpha value is -1.76. The van der Waals surface area contributed by atoms with Gasteiger partial charge < -0.3 is 10.6 Å². The highest BCUT2D eigenvalue weighted by Gasteiger charge is 2.41. The van der Waals surface area contributed by atoms with Crippen molar-refractivity contribution in [3.05, 3.63) is 23.7 Å². The van der Waals surface area contributed by atoms with Crippen molar-refractivity contribution in [1.29, 1.82) is 0 Å². The molecule has 0 aliphatic heterocycles. The number of amides is 2. The number of carbonyl (C=O) groups excluding carboxylic acids is 2. The third-order valence-corrected chi connectivity index (χ3v) is 4.00. The summed E-state index contributed by atoms with van der Waals surface area (Å²) in [7, 11) is 0. The average molecular weight is 294 g/mol. The molecule has 1 heterocycles. The van der Waals surface area contributed by atoms with Gasteiger partial charge in [0.2, 0.25) is 5.91 Å². The molecule has 1 aromatic rings. The summed E-state index contributed by atoms with van der Waals surface area (Å²) < 4.78 is 3.67. The van der Waals surface area contributed by atoms with Crippen LogP contribution >= 0.6 is 11.5 Å². The molecule has 1 saturated carbocycles. The van der Waals surface area contributed by atoms with E-state index >= 15 is 0 Å². The maximum atomic E-state index is 12.4. The highest BCUT2D eigenvalue weighted by Crippen LogP contribution is 2.28. The second-order valence-electron chi connectivity index (χ2n) is 4.89. The highest BCUT2D eigenvalue weighted by molar-refractivity contribution is 7.03. The number of hydrogen-bond donors (Lipinski definition) is 2. The van der Waals surface area contributed by atoms with Crippen LogP contribution in [0.3, 0.4) is 0 Å². The van der Waals surface area contributed by atoms with Gasteiger partial charge in [0.1, 0.15) is 5.54 Å². The summed E-state index contributed by atoms with van der Waals surface area (Å²) in [6, 6.07) is 0. The van der Waals surface area contributed by atoms with Gasteiger partial charge in [-0.05, 0) is 24.4 Å². The topological polar surface area (TPSA) is 84.0 Å². The normalized spacial score (nSPS) is 17.2. The van der Waals surface area contributed by atoms with Gasteiger partial charge >= 0.3 is 0 Å². The van der Waals surface area contributed by atoms with E-state index in [1.165, 1.54) is 0 Å². The Labute approximate surface area is 121 Å². The zero-order valence-electron chi connectivity index (χ0n) is 11.2. The second-order valence-corrected chi connectivity index (χ2v) is 5.50. The molecule has 7 heteroatoms. The summed E-state index contributed by atoms with van der Waals surface area (Å²) in [4.78, 5) is 24.5. The van der Waals surface area contributed by atoms with Gasteiger partial charge in [-0.2, -0.15) is 0 Å². The molecule has 108 valence electrons. The molecule has 0 bridgehead atoms. The van der Waals surface area contributed by atoms with Crippen LogP contribution in [0.15, 0.2) is 18.0 Å². The summed E-state index contributed by atoms with van der Waals surface area (Å²) in [5.74, 6) is -0.483. The maximum absolute atomic E-state index is 12.4. The fraction of sp³-hybridized carbons (Fsp3) is 0.538. The molecule has 1 aromatic heterocycles. The van der Waals surface area contributed by atoms with Gasteiger partial charge in [-0.25, -0.2) is 0 Å². The van der Waals surface area contributed by atoms with Crippen LogP contribution in [0.1, 0.15) is 42.6 Å². The van der Waals surface area contributed by atoms with Crippen LogP contribution in [-0.4, -0.2) is 33.5 Å². The molecule has 1 fully saturated rings. The zero-order valence-corrected chi connectivity index (χ0v) is 12.0. The van der Waals surface area contributed by atoms with E-state index in [1.54, 1.807) is 11.5 Å². The van der Waals surface area contributed by atoms with E-state index in [4.69, 9.17) is 0 Å². The molecule has 1 aliphatic rings. The van der Waals surface area contributed by atoms with Crippen LogP contribution in [0.2, 0.25) is 0 Å². The summed E-state index contributed by atoms with van der Waals surface area (Å²) in [6.45, 7) is 3.98. The molecular weight excluding hydrogens is 276 g/mol. The minimum Gasteiger partial charge on any atom is -0.351 e. The van der Waals surface area contributed by atoms with E-state index < -0.39 is 5.54 Å². The standard InChI is InChI=1S/C13H18N4O2S/c1-2-8-14-12(19)13(6-4-3-5-7-13)15-11(18)10-9-20-17-16-10/h2,9H,1,3-8H2,(H,14,19)(H,15,18). The molecule has 0 spiro atoms. The minimum absolute atomic E-state index is 0.145. The van der Waals surface area contributed by atoms with Crippen LogP contribution in [-0.2, 0) is 4.79 Å². The van der Waals surface area contributed by atoms with Gasteiger partial charge in [0, 0.05) is 11.9 Å². The lowest BCUT2D eigenvalue weighted by Crippen LogP contribution is -2.59. The summed E-state index contributed by atoms with van der Waals surface area (Å²) in [6.07, 6.45) is 5.87. The lowest BCUT2D eigenvalue weighted by molar-refractivity contribution is -0.128. The van der Waals surface area contributed by atoms with Gasteiger partial charge in [-0.15, -0.1) is 11.7 Å². The number of carbonyl (C=O) groups is 2. The van der Waals surface area contributed by atoms with E-state index in [-0.39, 0.29) is 17.5 Å². The van der Waals surface area contributed by atoms with Crippen LogP contribution < -0.4 is 10.6 Å². The Bertz CT molecular complexity index is 481. The fourth-order valence-electron chi connectivity index (χ4n) is 2.44. The SMILES string of the molecule is C=CCNC(=O)C1(NC(=O)c2csnn2)CCCCC1. The Morgan fingerprint density at radius 3 is 2.75 bits per heavy atom. The second kappa shape index (κ2) is 6.60. The molecule has 2 N–H and O–H groups in total. The molecule has 20 heavy (non-hydrogen) atoms. The molecule has 0 radical (unpaired) electrons. The Kier molecular flexibility index (Phi) is 4.84. The van der Waals surface area contributed by atoms with E-state index in [0.717, 1.165) is 30.8 Å². The van der Waals surface area contributed by atoms with Gasteiger partial charge in [0.05, 0.1) is 0 Å². The van der Waals surface area contributed by atoms with E-state index in [1.807, 2.05) is 0 Å². The van der Waals surface area contributed by atoms with E-state index in [0.29, 0.717) is 19.4 Å². The van der Waals surface area contributed by atoms with Gasteiger partial charge in [0.25, 0.3) is 5.91 Å². The van der Waals surface area contributed by atoms with Crippen molar-refractivity contribution in [2.45, 2.75) is 37.6 Å². The first-order valence-corrected chi connectivity index (χ1v) is 7.50. The summed E-state index contributed by atoms with van der Waals surface area (Å²) in [5.41, 5.74) is -0.571. The van der Waals surface area contributed by atoms with E-state index in [9.17, 15) is 9.59 Å².